The van der Waals surface area contributed by atoms with Crippen LogP contribution in [0.4, 0.5) is 0 Å². The Hall–Kier alpha value is 0.511. The third-order valence-corrected chi connectivity index (χ3v) is 0.908. The van der Waals surface area contributed by atoms with Crippen LogP contribution >= 0.6 is 0 Å². The van der Waals surface area contributed by atoms with Crippen molar-refractivity contribution in [1.29, 1.82) is 0 Å². The van der Waals surface area contributed by atoms with Crippen LogP contribution in [0.1, 0.15) is 39.5 Å². The SMILES string of the molecule is CCCC(=O)[O-].CCCC(=O)[O-].[Ba+2]. The summed E-state index contributed by atoms with van der Waals surface area (Å²) in [5, 5.41) is 19.0. The molecule has 0 unspecified atom stereocenters. The molecule has 0 spiro atoms. The molecule has 0 saturated carbocycles. The average molecular weight is 312 g/mol. The summed E-state index contributed by atoms with van der Waals surface area (Å²) in [5.41, 5.74) is 0. The molecule has 0 aliphatic heterocycles. The molecule has 0 saturated heterocycles. The van der Waals surface area contributed by atoms with Gasteiger partial charge in [0, 0.05) is 11.9 Å². The minimum absolute atomic E-state index is 0. The maximum Gasteiger partial charge on any atom is 2.00 e. The molecule has 0 radical (unpaired) electrons. The van der Waals surface area contributed by atoms with Crippen LogP contribution in [0.3, 0.4) is 0 Å². The van der Waals surface area contributed by atoms with Crippen molar-refractivity contribution in [3.05, 3.63) is 0 Å². The van der Waals surface area contributed by atoms with Crippen LogP contribution in [-0.4, -0.2) is 60.8 Å². The van der Waals surface area contributed by atoms with Crippen molar-refractivity contribution in [2.45, 2.75) is 39.5 Å². The number of aliphatic carboxylic acids is 2. The van der Waals surface area contributed by atoms with E-state index >= 15 is 0 Å². The smallest absolute Gasteiger partial charge is 0.550 e. The largest absolute Gasteiger partial charge is 2.00 e. The summed E-state index contributed by atoms with van der Waals surface area (Å²) in [6.45, 7) is 3.60. The summed E-state index contributed by atoms with van der Waals surface area (Å²) in [7, 11) is 0. The average Bonchev–Trinajstić information content (AvgIpc) is 1.87. The summed E-state index contributed by atoms with van der Waals surface area (Å²) in [6.07, 6.45) is 1.70. The fourth-order valence-electron chi connectivity index (χ4n) is 0.408. The maximum absolute atomic E-state index is 9.49. The van der Waals surface area contributed by atoms with Crippen molar-refractivity contribution in [3.63, 3.8) is 0 Å². The topological polar surface area (TPSA) is 80.3 Å². The molecule has 0 aliphatic rings. The minimum Gasteiger partial charge on any atom is -0.550 e. The number of hydrogen-bond acceptors (Lipinski definition) is 4. The fourth-order valence-corrected chi connectivity index (χ4v) is 0.408. The summed E-state index contributed by atoms with van der Waals surface area (Å²) in [5.74, 6) is -1.92. The van der Waals surface area contributed by atoms with Gasteiger partial charge in [0.1, 0.15) is 0 Å². The third kappa shape index (κ3) is 32.6. The number of carbonyl (C=O) groups is 2. The molecule has 0 amide bonds. The molecule has 4 nitrogen and oxygen atoms in total. The van der Waals surface area contributed by atoms with E-state index in [4.69, 9.17) is 0 Å². The van der Waals surface area contributed by atoms with E-state index < -0.39 is 11.9 Å². The fraction of sp³-hybridized carbons (Fsp3) is 0.750. The standard InChI is InChI=1S/2C4H8O2.Ba/c2*1-2-3-4(5)6;/h2*2-3H2,1H3,(H,5,6);/q;;+2/p-2. The first-order valence-electron chi connectivity index (χ1n) is 3.94. The molecule has 0 heterocycles. The van der Waals surface area contributed by atoms with Gasteiger partial charge in [-0.1, -0.05) is 26.7 Å². The molecule has 0 fully saturated rings. The molecule has 0 aliphatic carbocycles. The van der Waals surface area contributed by atoms with Crippen molar-refractivity contribution >= 4 is 60.8 Å². The normalized spacial score (nSPS) is 7.54. The first kappa shape index (κ1) is 19.1. The van der Waals surface area contributed by atoms with Gasteiger partial charge in [-0.15, -0.1) is 0 Å². The van der Waals surface area contributed by atoms with Crippen molar-refractivity contribution in [2.24, 2.45) is 0 Å². The molecule has 0 atom stereocenters. The quantitative estimate of drug-likeness (QED) is 0.604. The van der Waals surface area contributed by atoms with E-state index in [1.165, 1.54) is 0 Å². The van der Waals surface area contributed by atoms with Gasteiger partial charge < -0.3 is 19.8 Å². The summed E-state index contributed by atoms with van der Waals surface area (Å²) in [4.78, 5) is 19.0. The van der Waals surface area contributed by atoms with E-state index in [0.717, 1.165) is 0 Å². The monoisotopic (exact) mass is 312 g/mol. The summed E-state index contributed by atoms with van der Waals surface area (Å²) in [6, 6.07) is 0. The molecule has 0 N–H and O–H groups in total. The second-order valence-electron chi connectivity index (χ2n) is 2.24. The molecular weight excluding hydrogens is 297 g/mol. The Labute approximate surface area is 119 Å². The molecule has 72 valence electrons. The predicted molar refractivity (Wildman–Crippen MR) is 45.6 cm³/mol. The Balaban J connectivity index is -0.000000143. The van der Waals surface area contributed by atoms with Crippen LogP contribution in [-0.2, 0) is 9.59 Å². The van der Waals surface area contributed by atoms with Gasteiger partial charge in [-0.25, -0.2) is 0 Å². The van der Waals surface area contributed by atoms with E-state index in [0.29, 0.717) is 12.8 Å². The van der Waals surface area contributed by atoms with Gasteiger partial charge in [0.05, 0.1) is 0 Å². The van der Waals surface area contributed by atoms with Gasteiger partial charge in [-0.05, 0) is 12.8 Å². The summed E-state index contributed by atoms with van der Waals surface area (Å²) >= 11 is 0. The van der Waals surface area contributed by atoms with E-state index in [1.54, 1.807) is 13.8 Å². The maximum atomic E-state index is 9.49. The van der Waals surface area contributed by atoms with Crippen LogP contribution in [0.15, 0.2) is 0 Å². The first-order chi connectivity index (χ1) is 5.54. The van der Waals surface area contributed by atoms with Crippen molar-refractivity contribution < 1.29 is 19.8 Å². The number of carbonyl (C=O) groups excluding carboxylic acids is 2. The number of rotatable bonds is 4. The molecule has 5 heteroatoms. The van der Waals surface area contributed by atoms with Gasteiger partial charge in [-0.3, -0.25) is 0 Å². The van der Waals surface area contributed by atoms with Crippen molar-refractivity contribution in [1.82, 2.24) is 0 Å². The molecule has 0 aromatic heterocycles. The van der Waals surface area contributed by atoms with Crippen molar-refractivity contribution in [2.75, 3.05) is 0 Å². The molecular formula is C8H14BaO4. The number of carboxylic acids is 2. The Morgan fingerprint density at radius 1 is 0.923 bits per heavy atom. The molecule has 0 aromatic carbocycles. The Morgan fingerprint density at radius 2 is 1.15 bits per heavy atom. The van der Waals surface area contributed by atoms with E-state index in [2.05, 4.69) is 0 Å². The van der Waals surface area contributed by atoms with Crippen LogP contribution < -0.4 is 10.2 Å². The van der Waals surface area contributed by atoms with Gasteiger partial charge in [-0.2, -0.15) is 0 Å². The molecule has 0 rings (SSSR count). The summed E-state index contributed by atoms with van der Waals surface area (Å²) < 4.78 is 0. The van der Waals surface area contributed by atoms with Gasteiger partial charge in [0.25, 0.3) is 0 Å². The predicted octanol–water partition coefficient (Wildman–Crippen LogP) is -1.31. The zero-order chi connectivity index (χ0) is 9.98. The van der Waals surface area contributed by atoms with Crippen molar-refractivity contribution in [3.8, 4) is 0 Å². The van der Waals surface area contributed by atoms with Gasteiger partial charge >= 0.3 is 48.9 Å². The third-order valence-electron chi connectivity index (χ3n) is 0.908. The molecule has 0 aromatic rings. The first-order valence-corrected chi connectivity index (χ1v) is 3.94. The number of hydrogen-bond donors (Lipinski definition) is 0. The van der Waals surface area contributed by atoms with Gasteiger partial charge in [0.2, 0.25) is 0 Å². The van der Waals surface area contributed by atoms with Crippen LogP contribution in [0.2, 0.25) is 0 Å². The van der Waals surface area contributed by atoms with Gasteiger partial charge in [0.15, 0.2) is 0 Å². The Morgan fingerprint density at radius 3 is 1.15 bits per heavy atom. The molecule has 13 heavy (non-hydrogen) atoms. The zero-order valence-electron chi connectivity index (χ0n) is 8.17. The van der Waals surface area contributed by atoms with Crippen LogP contribution in [0.25, 0.3) is 0 Å². The zero-order valence-corrected chi connectivity index (χ0v) is 12.6. The Bertz CT molecular complexity index is 120. The second kappa shape index (κ2) is 15.0. The van der Waals surface area contributed by atoms with E-state index in [1.807, 2.05) is 0 Å². The minimum atomic E-state index is -0.961. The van der Waals surface area contributed by atoms with Crippen LogP contribution in [0.5, 0.6) is 0 Å². The number of carboxylic acid groups (broad SMARTS) is 2. The van der Waals surface area contributed by atoms with E-state index in [-0.39, 0.29) is 61.7 Å². The van der Waals surface area contributed by atoms with Crippen LogP contribution in [0, 0.1) is 0 Å². The van der Waals surface area contributed by atoms with E-state index in [9.17, 15) is 19.8 Å². The Kier molecular flexibility index (Phi) is 22.1. The molecule has 0 bridgehead atoms. The second-order valence-corrected chi connectivity index (χ2v) is 2.24.